The summed E-state index contributed by atoms with van der Waals surface area (Å²) < 4.78 is 13.5. The fourth-order valence-electron chi connectivity index (χ4n) is 1.62. The first-order valence-corrected chi connectivity index (χ1v) is 7.06. The van der Waals surface area contributed by atoms with Gasteiger partial charge in [-0.1, -0.05) is 13.8 Å². The summed E-state index contributed by atoms with van der Waals surface area (Å²) in [5, 5.41) is 14.6. The van der Waals surface area contributed by atoms with Crippen molar-refractivity contribution >= 4 is 17.2 Å². The fraction of sp³-hybridized carbons (Fsp3) is 0.286. The van der Waals surface area contributed by atoms with Crippen molar-refractivity contribution in [2.45, 2.75) is 26.3 Å². The number of benzene rings is 1. The minimum atomic E-state index is -0.747. The molecule has 0 aliphatic heterocycles. The number of hydrogen-bond donors (Lipinski definition) is 2. The lowest BCUT2D eigenvalue weighted by Crippen LogP contribution is -2.24. The molecule has 0 unspecified atom stereocenters. The van der Waals surface area contributed by atoms with Crippen LogP contribution in [0.15, 0.2) is 23.6 Å². The number of nitrogens with zero attached hydrogens (tertiary/aromatic N) is 1. The maximum absolute atomic E-state index is 13.5. The van der Waals surface area contributed by atoms with Gasteiger partial charge in [-0.05, 0) is 12.1 Å². The number of halogens is 1. The molecule has 2 N–H and O–H groups in total. The largest absolute Gasteiger partial charge is 0.508 e. The van der Waals surface area contributed by atoms with Gasteiger partial charge in [0.25, 0.3) is 5.91 Å². The van der Waals surface area contributed by atoms with E-state index in [0.717, 1.165) is 16.8 Å². The molecular formula is C14H15FN2O2S. The first-order valence-electron chi connectivity index (χ1n) is 6.18. The Morgan fingerprint density at radius 3 is 2.85 bits per heavy atom. The van der Waals surface area contributed by atoms with Gasteiger partial charge in [-0.3, -0.25) is 4.79 Å². The third-order valence-electron chi connectivity index (χ3n) is 2.69. The van der Waals surface area contributed by atoms with E-state index in [1.165, 1.54) is 12.1 Å². The summed E-state index contributed by atoms with van der Waals surface area (Å²) in [6, 6.07) is 3.44. The molecule has 4 nitrogen and oxygen atoms in total. The SMILES string of the molecule is CC(C)c1nc(CNC(=O)c2ccc(O)cc2F)cs1. The Hall–Kier alpha value is -1.95. The fourth-order valence-corrected chi connectivity index (χ4v) is 2.46. The zero-order valence-electron chi connectivity index (χ0n) is 11.2. The molecule has 0 spiro atoms. The van der Waals surface area contributed by atoms with Crippen molar-refractivity contribution in [1.82, 2.24) is 10.3 Å². The summed E-state index contributed by atoms with van der Waals surface area (Å²) in [4.78, 5) is 16.2. The molecule has 0 atom stereocenters. The Labute approximate surface area is 120 Å². The summed E-state index contributed by atoms with van der Waals surface area (Å²) in [7, 11) is 0. The van der Waals surface area contributed by atoms with Gasteiger partial charge in [0, 0.05) is 17.4 Å². The van der Waals surface area contributed by atoms with Crippen LogP contribution in [-0.2, 0) is 6.54 Å². The highest BCUT2D eigenvalue weighted by Crippen LogP contribution is 2.19. The number of thiazole rings is 1. The molecule has 20 heavy (non-hydrogen) atoms. The van der Waals surface area contributed by atoms with Crippen LogP contribution in [0.5, 0.6) is 5.75 Å². The van der Waals surface area contributed by atoms with E-state index in [2.05, 4.69) is 10.3 Å². The smallest absolute Gasteiger partial charge is 0.254 e. The second-order valence-corrected chi connectivity index (χ2v) is 5.57. The Kier molecular flexibility index (Phi) is 4.34. The van der Waals surface area contributed by atoms with Gasteiger partial charge in [0.15, 0.2) is 0 Å². The van der Waals surface area contributed by atoms with Crippen LogP contribution in [0.4, 0.5) is 4.39 Å². The number of carbonyl (C=O) groups is 1. The van der Waals surface area contributed by atoms with Crippen molar-refractivity contribution < 1.29 is 14.3 Å². The minimum absolute atomic E-state index is 0.0953. The van der Waals surface area contributed by atoms with Crippen LogP contribution in [0.2, 0.25) is 0 Å². The van der Waals surface area contributed by atoms with Crippen molar-refractivity contribution in [3.63, 3.8) is 0 Å². The van der Waals surface area contributed by atoms with Crippen molar-refractivity contribution in [2.75, 3.05) is 0 Å². The summed E-state index contributed by atoms with van der Waals surface area (Å²) in [5.74, 6) is -1.13. The quantitative estimate of drug-likeness (QED) is 0.911. The lowest BCUT2D eigenvalue weighted by atomic mass is 10.2. The van der Waals surface area contributed by atoms with Gasteiger partial charge in [-0.15, -0.1) is 11.3 Å². The van der Waals surface area contributed by atoms with Crippen LogP contribution >= 0.6 is 11.3 Å². The molecule has 2 aromatic rings. The molecule has 2 rings (SSSR count). The van der Waals surface area contributed by atoms with Crippen molar-refractivity contribution in [3.8, 4) is 5.75 Å². The van der Waals surface area contributed by atoms with Gasteiger partial charge in [0.05, 0.1) is 22.8 Å². The van der Waals surface area contributed by atoms with E-state index in [1.54, 1.807) is 11.3 Å². The average Bonchev–Trinajstić information content (AvgIpc) is 2.85. The van der Waals surface area contributed by atoms with Gasteiger partial charge in [0.2, 0.25) is 0 Å². The number of phenolic OH excluding ortho intramolecular Hbond substituents is 1. The number of hydrogen-bond acceptors (Lipinski definition) is 4. The second-order valence-electron chi connectivity index (χ2n) is 4.68. The predicted molar refractivity (Wildman–Crippen MR) is 75.4 cm³/mol. The molecule has 1 heterocycles. The average molecular weight is 294 g/mol. The van der Waals surface area contributed by atoms with Crippen LogP contribution in [0.3, 0.4) is 0 Å². The predicted octanol–water partition coefficient (Wildman–Crippen LogP) is 3.04. The van der Waals surface area contributed by atoms with E-state index in [4.69, 9.17) is 5.11 Å². The molecule has 0 aliphatic rings. The van der Waals surface area contributed by atoms with E-state index in [0.29, 0.717) is 5.92 Å². The molecule has 0 aliphatic carbocycles. The second kappa shape index (κ2) is 6.00. The van der Waals surface area contributed by atoms with Gasteiger partial charge >= 0.3 is 0 Å². The molecule has 1 aromatic carbocycles. The van der Waals surface area contributed by atoms with Gasteiger partial charge < -0.3 is 10.4 Å². The Morgan fingerprint density at radius 2 is 2.25 bits per heavy atom. The van der Waals surface area contributed by atoms with Gasteiger partial charge in [0.1, 0.15) is 11.6 Å². The lowest BCUT2D eigenvalue weighted by Gasteiger charge is -2.05. The standard InChI is InChI=1S/C14H15FN2O2S/c1-8(2)14-17-9(7-20-14)6-16-13(19)11-4-3-10(18)5-12(11)15/h3-5,7-8,18H,6H2,1-2H3,(H,16,19). The Morgan fingerprint density at radius 1 is 1.50 bits per heavy atom. The molecule has 1 amide bonds. The first kappa shape index (κ1) is 14.5. The normalized spacial score (nSPS) is 10.8. The molecule has 1 aromatic heterocycles. The van der Waals surface area contributed by atoms with Crippen LogP contribution in [0.1, 0.15) is 40.8 Å². The lowest BCUT2D eigenvalue weighted by molar-refractivity contribution is 0.0946. The van der Waals surface area contributed by atoms with E-state index < -0.39 is 11.7 Å². The summed E-state index contributed by atoms with van der Waals surface area (Å²) in [6.07, 6.45) is 0. The van der Waals surface area contributed by atoms with E-state index in [-0.39, 0.29) is 17.9 Å². The highest BCUT2D eigenvalue weighted by molar-refractivity contribution is 7.09. The van der Waals surface area contributed by atoms with Gasteiger partial charge in [-0.2, -0.15) is 0 Å². The molecule has 0 radical (unpaired) electrons. The molecule has 0 saturated heterocycles. The van der Waals surface area contributed by atoms with Crippen molar-refractivity contribution in [2.24, 2.45) is 0 Å². The zero-order valence-corrected chi connectivity index (χ0v) is 12.0. The van der Waals surface area contributed by atoms with Crippen molar-refractivity contribution in [3.05, 3.63) is 45.7 Å². The number of aromatic hydroxyl groups is 1. The molecule has 6 heteroatoms. The van der Waals surface area contributed by atoms with E-state index in [1.807, 2.05) is 19.2 Å². The summed E-state index contributed by atoms with van der Waals surface area (Å²) in [5.41, 5.74) is 0.661. The Balaban J connectivity index is 2.01. The highest BCUT2D eigenvalue weighted by Gasteiger charge is 2.13. The Bertz CT molecular complexity index is 625. The monoisotopic (exact) mass is 294 g/mol. The molecule has 0 bridgehead atoms. The topological polar surface area (TPSA) is 62.2 Å². The molecule has 106 valence electrons. The van der Waals surface area contributed by atoms with Crippen LogP contribution in [0, 0.1) is 5.82 Å². The van der Waals surface area contributed by atoms with Crippen molar-refractivity contribution in [1.29, 1.82) is 0 Å². The maximum Gasteiger partial charge on any atom is 0.254 e. The maximum atomic E-state index is 13.5. The highest BCUT2D eigenvalue weighted by atomic mass is 32.1. The first-order chi connectivity index (χ1) is 9.47. The third kappa shape index (κ3) is 3.33. The number of aromatic nitrogens is 1. The minimum Gasteiger partial charge on any atom is -0.508 e. The molecular weight excluding hydrogens is 279 g/mol. The van der Waals surface area contributed by atoms with Crippen LogP contribution in [-0.4, -0.2) is 16.0 Å². The third-order valence-corrected chi connectivity index (χ3v) is 3.88. The van der Waals surface area contributed by atoms with E-state index >= 15 is 0 Å². The summed E-state index contributed by atoms with van der Waals surface area (Å²) >= 11 is 1.54. The molecule has 0 saturated carbocycles. The van der Waals surface area contributed by atoms with Gasteiger partial charge in [-0.25, -0.2) is 9.37 Å². The molecule has 0 fully saturated rings. The number of rotatable bonds is 4. The number of carbonyl (C=O) groups excluding carboxylic acids is 1. The van der Waals surface area contributed by atoms with Crippen LogP contribution < -0.4 is 5.32 Å². The summed E-state index contributed by atoms with van der Waals surface area (Å²) in [6.45, 7) is 4.35. The number of nitrogens with one attached hydrogen (secondary N) is 1. The van der Waals surface area contributed by atoms with Crippen LogP contribution in [0.25, 0.3) is 0 Å². The number of phenols is 1. The number of amides is 1. The van der Waals surface area contributed by atoms with E-state index in [9.17, 15) is 9.18 Å². The zero-order chi connectivity index (χ0) is 14.7.